The van der Waals surface area contributed by atoms with Crippen LogP contribution >= 0.6 is 22.9 Å². The van der Waals surface area contributed by atoms with Crippen LogP contribution in [0, 0.1) is 5.41 Å². The summed E-state index contributed by atoms with van der Waals surface area (Å²) >= 11 is 7.54. The summed E-state index contributed by atoms with van der Waals surface area (Å²) < 4.78 is 2.53. The Morgan fingerprint density at radius 3 is 2.50 bits per heavy atom. The van der Waals surface area contributed by atoms with Gasteiger partial charge in [-0.3, -0.25) is 18.7 Å². The number of aromatic nitrogens is 2. The van der Waals surface area contributed by atoms with E-state index < -0.39 is 11.1 Å². The lowest BCUT2D eigenvalue weighted by Crippen LogP contribution is -2.42. The highest BCUT2D eigenvalue weighted by Crippen LogP contribution is 2.19. The Morgan fingerprint density at radius 2 is 1.88 bits per heavy atom. The number of halogens is 1. The lowest BCUT2D eigenvalue weighted by molar-refractivity contribution is -0.126. The van der Waals surface area contributed by atoms with Gasteiger partial charge in [0.25, 0.3) is 5.56 Å². The quantitative estimate of drug-likeness (QED) is 0.684. The number of nitrogens with zero attached hydrogens (tertiary/aromatic N) is 2. The molecule has 2 aromatic heterocycles. The first-order chi connectivity index (χ1) is 12.2. The van der Waals surface area contributed by atoms with Gasteiger partial charge in [0.2, 0.25) is 0 Å². The van der Waals surface area contributed by atoms with Crippen molar-refractivity contribution in [2.75, 3.05) is 0 Å². The van der Waals surface area contributed by atoms with Gasteiger partial charge in [-0.1, -0.05) is 38.4 Å². The van der Waals surface area contributed by atoms with Crippen molar-refractivity contribution in [2.45, 2.75) is 33.9 Å². The third kappa shape index (κ3) is 3.52. The second-order valence-electron chi connectivity index (χ2n) is 7.17. The van der Waals surface area contributed by atoms with E-state index in [-0.39, 0.29) is 24.4 Å². The fraction of sp³-hybridized carbons (Fsp3) is 0.316. The third-order valence-corrected chi connectivity index (χ3v) is 5.32. The van der Waals surface area contributed by atoms with Gasteiger partial charge in [-0.2, -0.15) is 0 Å². The van der Waals surface area contributed by atoms with Crippen LogP contribution in [0.5, 0.6) is 0 Å². The van der Waals surface area contributed by atoms with E-state index in [9.17, 15) is 14.4 Å². The average molecular weight is 391 g/mol. The van der Waals surface area contributed by atoms with Gasteiger partial charge in [-0.05, 0) is 29.6 Å². The molecule has 0 fully saturated rings. The largest absolute Gasteiger partial charge is 0.332 e. The van der Waals surface area contributed by atoms with Gasteiger partial charge in [0.05, 0.1) is 24.0 Å². The van der Waals surface area contributed by atoms with Crippen LogP contribution in [0.4, 0.5) is 0 Å². The van der Waals surface area contributed by atoms with Crippen molar-refractivity contribution in [1.29, 1.82) is 0 Å². The minimum atomic E-state index is -0.598. The first-order valence-electron chi connectivity index (χ1n) is 8.17. The number of Topliss-reactive ketones (excluding diaryl/α,β-unsaturated/α-hetero) is 1. The van der Waals surface area contributed by atoms with E-state index in [0.29, 0.717) is 15.9 Å². The minimum Gasteiger partial charge on any atom is -0.297 e. The monoisotopic (exact) mass is 390 g/mol. The van der Waals surface area contributed by atoms with Crippen molar-refractivity contribution >= 4 is 39.6 Å². The lowest BCUT2D eigenvalue weighted by Gasteiger charge is -2.19. The van der Waals surface area contributed by atoms with Gasteiger partial charge in [-0.15, -0.1) is 11.3 Å². The van der Waals surface area contributed by atoms with Crippen molar-refractivity contribution < 1.29 is 4.79 Å². The minimum absolute atomic E-state index is 0.0952. The molecule has 0 spiro atoms. The molecule has 0 bridgehead atoms. The number of rotatable bonds is 4. The van der Waals surface area contributed by atoms with Crippen LogP contribution in [0.15, 0.2) is 45.3 Å². The van der Waals surface area contributed by atoms with Crippen LogP contribution in [0.1, 0.15) is 25.6 Å². The molecule has 0 unspecified atom stereocenters. The third-order valence-electron chi connectivity index (χ3n) is 4.22. The van der Waals surface area contributed by atoms with Crippen molar-refractivity contribution in [2.24, 2.45) is 5.41 Å². The van der Waals surface area contributed by atoms with Gasteiger partial charge >= 0.3 is 5.69 Å². The molecule has 0 saturated heterocycles. The highest BCUT2D eigenvalue weighted by molar-refractivity contribution is 7.09. The fourth-order valence-electron chi connectivity index (χ4n) is 2.62. The van der Waals surface area contributed by atoms with Crippen LogP contribution in [-0.2, 0) is 17.9 Å². The molecular weight excluding hydrogens is 372 g/mol. The summed E-state index contributed by atoms with van der Waals surface area (Å²) in [6.07, 6.45) is 0. The zero-order valence-corrected chi connectivity index (χ0v) is 16.4. The van der Waals surface area contributed by atoms with E-state index in [1.807, 2.05) is 17.5 Å². The summed E-state index contributed by atoms with van der Waals surface area (Å²) in [6, 6.07) is 8.51. The standard InChI is InChI=1S/C19H19ClN2O3S/c1-19(2,3)16(23)11-21-15-9-12(20)6-7-14(15)17(24)22(18(21)25)10-13-5-4-8-26-13/h4-9H,10-11H2,1-3H3. The van der Waals surface area contributed by atoms with E-state index >= 15 is 0 Å². The topological polar surface area (TPSA) is 61.1 Å². The maximum atomic E-state index is 13.0. The van der Waals surface area contributed by atoms with Crippen molar-refractivity contribution in [3.63, 3.8) is 0 Å². The summed E-state index contributed by atoms with van der Waals surface area (Å²) in [4.78, 5) is 39.3. The molecule has 1 aromatic carbocycles. The number of hydrogen-bond acceptors (Lipinski definition) is 4. The van der Waals surface area contributed by atoms with E-state index in [2.05, 4.69) is 0 Å². The SMILES string of the molecule is CC(C)(C)C(=O)Cn1c(=O)n(Cc2cccs2)c(=O)c2ccc(Cl)cc21. The summed E-state index contributed by atoms with van der Waals surface area (Å²) in [7, 11) is 0. The number of thiophene rings is 1. The molecule has 5 nitrogen and oxygen atoms in total. The second kappa shape index (κ2) is 6.85. The molecule has 7 heteroatoms. The van der Waals surface area contributed by atoms with Gasteiger partial charge < -0.3 is 0 Å². The Kier molecular flexibility index (Phi) is 4.90. The number of carbonyl (C=O) groups excluding carboxylic acids is 1. The summed E-state index contributed by atoms with van der Waals surface area (Å²) in [5.41, 5.74) is -1.10. The highest BCUT2D eigenvalue weighted by atomic mass is 35.5. The summed E-state index contributed by atoms with van der Waals surface area (Å²) in [6.45, 7) is 5.48. The summed E-state index contributed by atoms with van der Waals surface area (Å²) in [5, 5.41) is 2.67. The van der Waals surface area contributed by atoms with Crippen LogP contribution in [0.3, 0.4) is 0 Å². The molecule has 0 amide bonds. The van der Waals surface area contributed by atoms with Crippen LogP contribution in [-0.4, -0.2) is 14.9 Å². The molecular formula is C19H19ClN2O3S. The normalized spacial score (nSPS) is 11.8. The number of hydrogen-bond donors (Lipinski definition) is 0. The van der Waals surface area contributed by atoms with E-state index in [4.69, 9.17) is 11.6 Å². The Morgan fingerprint density at radius 1 is 1.15 bits per heavy atom. The number of ketones is 1. The Balaban J connectivity index is 2.26. The smallest absolute Gasteiger partial charge is 0.297 e. The highest BCUT2D eigenvalue weighted by Gasteiger charge is 2.24. The second-order valence-corrected chi connectivity index (χ2v) is 8.64. The fourth-order valence-corrected chi connectivity index (χ4v) is 3.48. The number of carbonyl (C=O) groups is 1. The molecule has 3 aromatic rings. The first-order valence-corrected chi connectivity index (χ1v) is 9.43. The van der Waals surface area contributed by atoms with Crippen LogP contribution in [0.2, 0.25) is 5.02 Å². The molecule has 0 aliphatic rings. The van der Waals surface area contributed by atoms with E-state index in [0.717, 1.165) is 4.88 Å². The van der Waals surface area contributed by atoms with Gasteiger partial charge in [0, 0.05) is 15.3 Å². The van der Waals surface area contributed by atoms with Gasteiger partial charge in [0.1, 0.15) is 0 Å². The molecule has 26 heavy (non-hydrogen) atoms. The first kappa shape index (κ1) is 18.6. The Hall–Kier alpha value is -2.18. The predicted molar refractivity (Wildman–Crippen MR) is 105 cm³/mol. The zero-order valence-electron chi connectivity index (χ0n) is 14.8. The molecule has 0 saturated carbocycles. The molecule has 0 radical (unpaired) electrons. The van der Waals surface area contributed by atoms with Crippen molar-refractivity contribution in [3.05, 3.63) is 66.4 Å². The predicted octanol–water partition coefficient (Wildman–Crippen LogP) is 3.54. The maximum absolute atomic E-state index is 13.0. The molecule has 0 aliphatic heterocycles. The van der Waals surface area contributed by atoms with E-state index in [1.54, 1.807) is 39.0 Å². The molecule has 0 aliphatic carbocycles. The van der Waals surface area contributed by atoms with Gasteiger partial charge in [-0.25, -0.2) is 4.79 Å². The molecule has 0 N–H and O–H groups in total. The molecule has 136 valence electrons. The molecule has 3 rings (SSSR count). The molecule has 0 atom stereocenters. The maximum Gasteiger partial charge on any atom is 0.332 e. The van der Waals surface area contributed by atoms with Gasteiger partial charge in [0.15, 0.2) is 5.78 Å². The Bertz CT molecular complexity index is 1090. The number of fused-ring (bicyclic) bond motifs is 1. The average Bonchev–Trinajstić information content (AvgIpc) is 3.07. The number of benzene rings is 1. The van der Waals surface area contributed by atoms with Crippen molar-refractivity contribution in [3.8, 4) is 0 Å². The summed E-state index contributed by atoms with van der Waals surface area (Å²) in [5.74, 6) is -0.0952. The van der Waals surface area contributed by atoms with E-state index in [1.165, 1.54) is 20.5 Å². The Labute approximate surface area is 159 Å². The van der Waals surface area contributed by atoms with Crippen LogP contribution in [0.25, 0.3) is 10.9 Å². The van der Waals surface area contributed by atoms with Crippen LogP contribution < -0.4 is 11.2 Å². The molecule has 2 heterocycles. The zero-order chi connectivity index (χ0) is 19.1. The lowest BCUT2D eigenvalue weighted by atomic mass is 9.91. The van der Waals surface area contributed by atoms with Crippen molar-refractivity contribution in [1.82, 2.24) is 9.13 Å².